The Balaban J connectivity index is 1.24. The van der Waals surface area contributed by atoms with Crippen LogP contribution in [0.4, 0.5) is 17.1 Å². The zero-order valence-corrected chi connectivity index (χ0v) is 16.2. The van der Waals surface area contributed by atoms with E-state index in [1.54, 1.807) is 12.1 Å². The second-order valence-electron chi connectivity index (χ2n) is 7.72. The van der Waals surface area contributed by atoms with Gasteiger partial charge in [-0.1, -0.05) is 0 Å². The smallest absolute Gasteiger partial charge is 0.279 e. The quantitative estimate of drug-likeness (QED) is 0.732. The number of anilines is 3. The van der Waals surface area contributed by atoms with Crippen molar-refractivity contribution < 1.29 is 14.8 Å². The van der Waals surface area contributed by atoms with Gasteiger partial charge in [0, 0.05) is 30.2 Å². The highest BCUT2D eigenvalue weighted by molar-refractivity contribution is 5.91. The van der Waals surface area contributed by atoms with Crippen LogP contribution in [0.25, 0.3) is 0 Å². The normalized spacial score (nSPS) is 17.7. The maximum Gasteiger partial charge on any atom is 0.279 e. The molecule has 2 aliphatic heterocycles. The summed E-state index contributed by atoms with van der Waals surface area (Å²) in [5.74, 6) is 0.361. The monoisotopic (exact) mass is 381 g/mol. The molecule has 6 heteroatoms. The fourth-order valence-electron chi connectivity index (χ4n) is 4.08. The first-order valence-electron chi connectivity index (χ1n) is 10.2. The van der Waals surface area contributed by atoms with E-state index in [0.29, 0.717) is 6.54 Å². The number of carbonyl (C=O) groups is 1. The lowest BCUT2D eigenvalue weighted by Gasteiger charge is -2.33. The number of amides is 1. The molecule has 0 saturated carbocycles. The van der Waals surface area contributed by atoms with E-state index >= 15 is 0 Å². The largest absolute Gasteiger partial charge is 0.508 e. The molecule has 0 radical (unpaired) electrons. The predicted molar refractivity (Wildman–Crippen MR) is 112 cm³/mol. The molecule has 0 spiro atoms. The minimum Gasteiger partial charge on any atom is -0.508 e. The molecule has 2 saturated heterocycles. The standard InChI is InChI=1S/C22H28N4O2/c27-21-9-7-20(8-10-21)26-15-13-24(14-16-26)17-22(28)23-18-3-5-19(6-4-18)25-11-1-2-12-25/h3-10,27H,1-2,11-17H2,(H,23,28)/p+1. The van der Waals surface area contributed by atoms with Crippen LogP contribution < -0.4 is 20.0 Å². The van der Waals surface area contributed by atoms with Crippen LogP contribution >= 0.6 is 0 Å². The van der Waals surface area contributed by atoms with Crippen LogP contribution in [0, 0.1) is 0 Å². The Labute approximate surface area is 166 Å². The van der Waals surface area contributed by atoms with Crippen LogP contribution in [0.2, 0.25) is 0 Å². The number of nitrogens with one attached hydrogen (secondary N) is 2. The number of nitrogens with zero attached hydrogens (tertiary/aromatic N) is 2. The third kappa shape index (κ3) is 4.57. The first-order chi connectivity index (χ1) is 13.7. The molecule has 2 heterocycles. The van der Waals surface area contributed by atoms with Gasteiger partial charge in [0.25, 0.3) is 5.91 Å². The summed E-state index contributed by atoms with van der Waals surface area (Å²) in [6.07, 6.45) is 2.53. The van der Waals surface area contributed by atoms with Gasteiger partial charge in [0.15, 0.2) is 6.54 Å². The molecule has 0 bridgehead atoms. The third-order valence-electron chi connectivity index (χ3n) is 5.72. The molecule has 0 aromatic heterocycles. The van der Waals surface area contributed by atoms with Gasteiger partial charge in [-0.3, -0.25) is 4.79 Å². The molecular weight excluding hydrogens is 352 g/mol. The van der Waals surface area contributed by atoms with Crippen molar-refractivity contribution >= 4 is 23.0 Å². The summed E-state index contributed by atoms with van der Waals surface area (Å²) in [6.45, 7) is 6.45. The van der Waals surface area contributed by atoms with Gasteiger partial charge in [0.05, 0.1) is 26.2 Å². The molecule has 2 fully saturated rings. The highest BCUT2D eigenvalue weighted by Crippen LogP contribution is 2.22. The first kappa shape index (κ1) is 18.6. The van der Waals surface area contributed by atoms with Crippen molar-refractivity contribution in [2.24, 2.45) is 0 Å². The molecule has 0 aliphatic carbocycles. The summed E-state index contributed by atoms with van der Waals surface area (Å²) < 4.78 is 0. The SMILES string of the molecule is O=C(C[NH+]1CCN(c2ccc(O)cc2)CC1)Nc1ccc(N2CCCC2)cc1. The van der Waals surface area contributed by atoms with Gasteiger partial charge in [-0.15, -0.1) is 0 Å². The molecule has 1 amide bonds. The topological polar surface area (TPSA) is 60.3 Å². The number of quaternary nitrogens is 1. The van der Waals surface area contributed by atoms with E-state index < -0.39 is 0 Å². The number of phenolic OH excluding ortho intramolecular Hbond substituents is 1. The number of hydrogen-bond donors (Lipinski definition) is 3. The Bertz CT molecular complexity index is 777. The fraction of sp³-hybridized carbons (Fsp3) is 0.409. The van der Waals surface area contributed by atoms with Gasteiger partial charge in [0.2, 0.25) is 0 Å². The van der Waals surface area contributed by atoms with Crippen molar-refractivity contribution in [3.63, 3.8) is 0 Å². The number of benzene rings is 2. The molecule has 3 N–H and O–H groups in total. The first-order valence-corrected chi connectivity index (χ1v) is 10.2. The summed E-state index contributed by atoms with van der Waals surface area (Å²) in [5, 5.41) is 12.5. The minimum atomic E-state index is 0.0713. The molecule has 2 aliphatic rings. The molecule has 2 aromatic rings. The average molecular weight is 382 g/mol. The van der Waals surface area contributed by atoms with Gasteiger partial charge < -0.3 is 25.1 Å². The summed E-state index contributed by atoms with van der Waals surface area (Å²) in [7, 11) is 0. The van der Waals surface area contributed by atoms with Gasteiger partial charge in [-0.2, -0.15) is 0 Å². The zero-order chi connectivity index (χ0) is 19.3. The van der Waals surface area contributed by atoms with Crippen LogP contribution in [0.1, 0.15) is 12.8 Å². The van der Waals surface area contributed by atoms with Crippen molar-refractivity contribution in [3.05, 3.63) is 48.5 Å². The fourth-order valence-corrected chi connectivity index (χ4v) is 4.08. The molecule has 28 heavy (non-hydrogen) atoms. The summed E-state index contributed by atoms with van der Waals surface area (Å²) in [5.41, 5.74) is 3.24. The Morgan fingerprint density at radius 1 is 0.857 bits per heavy atom. The van der Waals surface area contributed by atoms with Gasteiger partial charge >= 0.3 is 0 Å². The number of piperazine rings is 1. The molecule has 6 nitrogen and oxygen atoms in total. The van der Waals surface area contributed by atoms with Crippen molar-refractivity contribution in [2.75, 3.05) is 60.9 Å². The Morgan fingerprint density at radius 2 is 1.39 bits per heavy atom. The second kappa shape index (κ2) is 8.52. The number of rotatable bonds is 5. The van der Waals surface area contributed by atoms with Crippen LogP contribution in [0.5, 0.6) is 5.75 Å². The second-order valence-corrected chi connectivity index (χ2v) is 7.72. The number of aromatic hydroxyl groups is 1. The maximum atomic E-state index is 12.4. The number of hydrogen-bond acceptors (Lipinski definition) is 4. The highest BCUT2D eigenvalue weighted by atomic mass is 16.3. The van der Waals surface area contributed by atoms with E-state index in [1.807, 2.05) is 24.3 Å². The number of phenols is 1. The maximum absolute atomic E-state index is 12.4. The van der Waals surface area contributed by atoms with E-state index in [0.717, 1.165) is 50.6 Å². The summed E-state index contributed by atoms with van der Waals surface area (Å²) >= 11 is 0. The lowest BCUT2D eigenvalue weighted by Crippen LogP contribution is -3.15. The lowest BCUT2D eigenvalue weighted by atomic mass is 10.2. The molecule has 2 aromatic carbocycles. The minimum absolute atomic E-state index is 0.0713. The van der Waals surface area contributed by atoms with E-state index in [1.165, 1.54) is 23.4 Å². The molecule has 0 unspecified atom stereocenters. The van der Waals surface area contributed by atoms with Crippen LogP contribution in [-0.2, 0) is 4.79 Å². The average Bonchev–Trinajstić information content (AvgIpc) is 3.25. The molecule has 148 valence electrons. The van der Waals surface area contributed by atoms with Crippen molar-refractivity contribution in [2.45, 2.75) is 12.8 Å². The Kier molecular flexibility index (Phi) is 5.67. The van der Waals surface area contributed by atoms with Gasteiger partial charge in [-0.05, 0) is 61.4 Å². The van der Waals surface area contributed by atoms with Crippen LogP contribution in [0.15, 0.2) is 48.5 Å². The van der Waals surface area contributed by atoms with E-state index in [2.05, 4.69) is 27.2 Å². The van der Waals surface area contributed by atoms with Crippen molar-refractivity contribution in [1.29, 1.82) is 0 Å². The van der Waals surface area contributed by atoms with Crippen LogP contribution in [0.3, 0.4) is 0 Å². The Morgan fingerprint density at radius 3 is 2.00 bits per heavy atom. The summed E-state index contributed by atoms with van der Waals surface area (Å²) in [4.78, 5) is 18.4. The molecule has 0 atom stereocenters. The lowest BCUT2D eigenvalue weighted by molar-refractivity contribution is -0.892. The molecular formula is C22H29N4O2+. The number of carbonyl (C=O) groups excluding carboxylic acids is 1. The van der Waals surface area contributed by atoms with Gasteiger partial charge in [0.1, 0.15) is 5.75 Å². The van der Waals surface area contributed by atoms with E-state index in [4.69, 9.17) is 0 Å². The highest BCUT2D eigenvalue weighted by Gasteiger charge is 2.22. The van der Waals surface area contributed by atoms with Crippen molar-refractivity contribution in [3.8, 4) is 5.75 Å². The zero-order valence-electron chi connectivity index (χ0n) is 16.2. The summed E-state index contributed by atoms with van der Waals surface area (Å²) in [6, 6.07) is 15.5. The van der Waals surface area contributed by atoms with Crippen LogP contribution in [-0.4, -0.2) is 56.8 Å². The van der Waals surface area contributed by atoms with Gasteiger partial charge in [-0.25, -0.2) is 0 Å². The predicted octanol–water partition coefficient (Wildman–Crippen LogP) is 1.34. The third-order valence-corrected chi connectivity index (χ3v) is 5.72. The Hall–Kier alpha value is -2.73. The van der Waals surface area contributed by atoms with E-state index in [-0.39, 0.29) is 11.7 Å². The van der Waals surface area contributed by atoms with E-state index in [9.17, 15) is 9.90 Å². The molecule has 4 rings (SSSR count). The van der Waals surface area contributed by atoms with Crippen molar-refractivity contribution in [1.82, 2.24) is 0 Å².